The second-order valence-electron chi connectivity index (χ2n) is 7.80. The standard InChI is InChI=1S/C25H23N3O2S/c1-27-14-18(16-8-3-5-10-20(16)27)22-23(25(30)26-24(22)29)19-15-28(12-7-13-31-2)21-11-6-4-9-17(19)21/h3-6,8-11,14-15H,7,12-13H2,1-2H3,(H,26,29,30). The summed E-state index contributed by atoms with van der Waals surface area (Å²) in [5.74, 6) is 0.403. The molecule has 3 heterocycles. The van der Waals surface area contributed by atoms with Crippen molar-refractivity contribution >= 4 is 56.5 Å². The molecule has 156 valence electrons. The first kappa shape index (κ1) is 19.7. The van der Waals surface area contributed by atoms with Gasteiger partial charge in [-0.05, 0) is 30.6 Å². The third-order valence-corrected chi connectivity index (χ3v) is 6.60. The molecule has 0 saturated carbocycles. The number of para-hydroxylation sites is 2. The highest BCUT2D eigenvalue weighted by Crippen LogP contribution is 2.38. The minimum Gasteiger partial charge on any atom is -0.350 e. The number of imide groups is 1. The summed E-state index contributed by atoms with van der Waals surface area (Å²) >= 11 is 1.83. The van der Waals surface area contributed by atoms with E-state index in [1.54, 1.807) is 0 Å². The molecule has 0 aliphatic carbocycles. The van der Waals surface area contributed by atoms with E-state index >= 15 is 0 Å². The second-order valence-corrected chi connectivity index (χ2v) is 8.79. The Bertz CT molecular complexity index is 1380. The summed E-state index contributed by atoms with van der Waals surface area (Å²) in [6.45, 7) is 0.869. The first-order valence-corrected chi connectivity index (χ1v) is 11.7. The van der Waals surface area contributed by atoms with Crippen LogP contribution in [0.2, 0.25) is 0 Å². The quantitative estimate of drug-likeness (QED) is 0.364. The molecule has 2 aromatic carbocycles. The number of nitrogens with zero attached hydrogens (tertiary/aromatic N) is 2. The maximum Gasteiger partial charge on any atom is 0.259 e. The number of carbonyl (C=O) groups is 2. The predicted molar refractivity (Wildman–Crippen MR) is 128 cm³/mol. The molecule has 0 fully saturated rings. The lowest BCUT2D eigenvalue weighted by molar-refractivity contribution is -0.122. The van der Waals surface area contributed by atoms with Crippen LogP contribution < -0.4 is 5.32 Å². The van der Waals surface area contributed by atoms with Crippen molar-refractivity contribution in [1.29, 1.82) is 0 Å². The van der Waals surface area contributed by atoms with Crippen molar-refractivity contribution in [3.8, 4) is 0 Å². The molecular formula is C25H23N3O2S. The van der Waals surface area contributed by atoms with Gasteiger partial charge in [0.1, 0.15) is 0 Å². The van der Waals surface area contributed by atoms with E-state index in [4.69, 9.17) is 0 Å². The molecule has 0 bridgehead atoms. The topological polar surface area (TPSA) is 56.0 Å². The van der Waals surface area contributed by atoms with Gasteiger partial charge in [-0.3, -0.25) is 14.9 Å². The fraction of sp³-hybridized carbons (Fsp3) is 0.200. The highest BCUT2D eigenvalue weighted by molar-refractivity contribution is 7.98. The van der Waals surface area contributed by atoms with Crippen LogP contribution in [0, 0.1) is 0 Å². The molecule has 2 aromatic heterocycles. The van der Waals surface area contributed by atoms with Crippen LogP contribution >= 0.6 is 11.8 Å². The first-order chi connectivity index (χ1) is 15.1. The van der Waals surface area contributed by atoms with E-state index in [2.05, 4.69) is 22.2 Å². The van der Waals surface area contributed by atoms with E-state index in [9.17, 15) is 9.59 Å². The number of hydrogen-bond acceptors (Lipinski definition) is 3. The summed E-state index contributed by atoms with van der Waals surface area (Å²) in [5.41, 5.74) is 4.61. The second kappa shape index (κ2) is 7.78. The Morgan fingerprint density at radius 3 is 2.10 bits per heavy atom. The first-order valence-electron chi connectivity index (χ1n) is 10.3. The van der Waals surface area contributed by atoms with Gasteiger partial charge in [-0.2, -0.15) is 11.8 Å². The molecule has 5 nitrogen and oxygen atoms in total. The fourth-order valence-electron chi connectivity index (χ4n) is 4.52. The van der Waals surface area contributed by atoms with Gasteiger partial charge >= 0.3 is 0 Å². The number of rotatable bonds is 6. The number of aromatic nitrogens is 2. The van der Waals surface area contributed by atoms with E-state index in [1.165, 1.54) is 0 Å². The molecule has 0 saturated heterocycles. The van der Waals surface area contributed by atoms with Crippen molar-refractivity contribution in [3.63, 3.8) is 0 Å². The van der Waals surface area contributed by atoms with Gasteiger partial charge in [0.05, 0.1) is 11.1 Å². The summed E-state index contributed by atoms with van der Waals surface area (Å²) in [6.07, 6.45) is 7.12. The molecule has 5 rings (SSSR count). The van der Waals surface area contributed by atoms with Gasteiger partial charge in [-0.1, -0.05) is 36.4 Å². The van der Waals surface area contributed by atoms with Crippen molar-refractivity contribution in [2.75, 3.05) is 12.0 Å². The highest BCUT2D eigenvalue weighted by atomic mass is 32.2. The van der Waals surface area contributed by atoms with Gasteiger partial charge in [-0.15, -0.1) is 0 Å². The molecule has 0 atom stereocenters. The minimum absolute atomic E-state index is 0.333. The van der Waals surface area contributed by atoms with Crippen LogP contribution in [-0.4, -0.2) is 33.0 Å². The lowest BCUT2D eigenvalue weighted by atomic mass is 9.95. The van der Waals surface area contributed by atoms with Crippen LogP contribution in [-0.2, 0) is 23.2 Å². The molecule has 1 aliphatic rings. The molecule has 1 N–H and O–H groups in total. The molecule has 0 spiro atoms. The van der Waals surface area contributed by atoms with Crippen LogP contribution in [0.25, 0.3) is 33.0 Å². The lowest BCUT2D eigenvalue weighted by Crippen LogP contribution is -2.22. The minimum atomic E-state index is -0.337. The Labute approximate surface area is 184 Å². The van der Waals surface area contributed by atoms with Crippen LogP contribution in [0.4, 0.5) is 0 Å². The van der Waals surface area contributed by atoms with Gasteiger partial charge < -0.3 is 9.13 Å². The summed E-state index contributed by atoms with van der Waals surface area (Å²) in [5, 5.41) is 4.49. The number of fused-ring (bicyclic) bond motifs is 2. The van der Waals surface area contributed by atoms with Crippen molar-refractivity contribution < 1.29 is 9.59 Å². The third kappa shape index (κ3) is 3.18. The van der Waals surface area contributed by atoms with Gasteiger partial charge in [0.25, 0.3) is 11.8 Å². The SMILES string of the molecule is CSCCCn1cc(C2=C(c3cn(C)c4ccccc34)C(=O)NC2=O)c2ccccc21. The van der Waals surface area contributed by atoms with Crippen LogP contribution in [0.15, 0.2) is 60.9 Å². The Hall–Kier alpha value is -3.25. The van der Waals surface area contributed by atoms with Gasteiger partial charge in [0.15, 0.2) is 0 Å². The third-order valence-electron chi connectivity index (χ3n) is 5.90. The molecule has 0 unspecified atom stereocenters. The molecule has 6 heteroatoms. The van der Waals surface area contributed by atoms with Gasteiger partial charge in [0.2, 0.25) is 0 Å². The summed E-state index contributed by atoms with van der Waals surface area (Å²) in [7, 11) is 1.96. The summed E-state index contributed by atoms with van der Waals surface area (Å²) < 4.78 is 4.20. The zero-order valence-corrected chi connectivity index (χ0v) is 18.3. The normalized spacial score (nSPS) is 14.3. The van der Waals surface area contributed by atoms with E-state index in [1.807, 2.05) is 78.2 Å². The predicted octanol–water partition coefficient (Wildman–Crippen LogP) is 4.45. The van der Waals surface area contributed by atoms with E-state index in [-0.39, 0.29) is 11.8 Å². The molecule has 0 radical (unpaired) electrons. The van der Waals surface area contributed by atoms with Crippen LogP contribution in [0.3, 0.4) is 0 Å². The number of amides is 2. The highest BCUT2D eigenvalue weighted by Gasteiger charge is 2.35. The van der Waals surface area contributed by atoms with Crippen LogP contribution in [0.5, 0.6) is 0 Å². The zero-order chi connectivity index (χ0) is 21.5. The molecule has 4 aromatic rings. The van der Waals surface area contributed by atoms with Crippen LogP contribution in [0.1, 0.15) is 17.5 Å². The average Bonchev–Trinajstić information content (AvgIpc) is 3.39. The number of thioether (sulfide) groups is 1. The van der Waals surface area contributed by atoms with E-state index in [0.717, 1.165) is 51.7 Å². The summed E-state index contributed by atoms with van der Waals surface area (Å²) in [4.78, 5) is 26.0. The Morgan fingerprint density at radius 1 is 0.839 bits per heavy atom. The smallest absolute Gasteiger partial charge is 0.259 e. The lowest BCUT2D eigenvalue weighted by Gasteiger charge is -2.04. The van der Waals surface area contributed by atoms with E-state index in [0.29, 0.717) is 11.1 Å². The van der Waals surface area contributed by atoms with Gasteiger partial charge in [0, 0.05) is 58.9 Å². The van der Waals surface area contributed by atoms with Gasteiger partial charge in [-0.25, -0.2) is 0 Å². The van der Waals surface area contributed by atoms with Crippen molar-refractivity contribution in [3.05, 3.63) is 72.1 Å². The molecule has 2 amide bonds. The number of carbonyl (C=O) groups excluding carboxylic acids is 2. The Morgan fingerprint density at radius 2 is 1.42 bits per heavy atom. The van der Waals surface area contributed by atoms with Crippen molar-refractivity contribution in [2.24, 2.45) is 7.05 Å². The molecular weight excluding hydrogens is 406 g/mol. The molecule has 31 heavy (non-hydrogen) atoms. The number of aryl methyl sites for hydroxylation is 2. The maximum absolute atomic E-state index is 13.0. The zero-order valence-electron chi connectivity index (χ0n) is 17.5. The maximum atomic E-state index is 13.0. The number of nitrogens with one attached hydrogen (secondary N) is 1. The van der Waals surface area contributed by atoms with Crippen molar-refractivity contribution in [2.45, 2.75) is 13.0 Å². The largest absolute Gasteiger partial charge is 0.350 e. The fourth-order valence-corrected chi connectivity index (χ4v) is 4.94. The average molecular weight is 430 g/mol. The Kier molecular flexibility index (Phi) is 4.94. The van der Waals surface area contributed by atoms with E-state index < -0.39 is 0 Å². The monoisotopic (exact) mass is 429 g/mol. The number of hydrogen-bond donors (Lipinski definition) is 1. The summed E-state index contributed by atoms with van der Waals surface area (Å²) in [6, 6.07) is 16.0. The number of benzene rings is 2. The molecule has 1 aliphatic heterocycles. The van der Waals surface area contributed by atoms with Crippen molar-refractivity contribution in [1.82, 2.24) is 14.5 Å². The Balaban J connectivity index is 1.76.